The first kappa shape index (κ1) is 11.3. The van der Waals surface area contributed by atoms with Crippen LogP contribution in [0.15, 0.2) is 41.0 Å². The summed E-state index contributed by atoms with van der Waals surface area (Å²) in [4.78, 5) is 5.38. The summed E-state index contributed by atoms with van der Waals surface area (Å²) in [7, 11) is 0. The Morgan fingerprint density at radius 3 is 2.83 bits per heavy atom. The molecule has 0 aliphatic heterocycles. The Morgan fingerprint density at radius 1 is 1.33 bits per heavy atom. The van der Waals surface area contributed by atoms with E-state index in [1.807, 2.05) is 40.2 Å². The van der Waals surface area contributed by atoms with Crippen LogP contribution in [0, 0.1) is 0 Å². The van der Waals surface area contributed by atoms with Gasteiger partial charge in [0.05, 0.1) is 17.6 Å². The van der Waals surface area contributed by atoms with E-state index in [9.17, 15) is 0 Å². The van der Waals surface area contributed by atoms with E-state index in [1.54, 1.807) is 0 Å². The molecule has 2 heterocycles. The van der Waals surface area contributed by atoms with Crippen molar-refractivity contribution in [3.63, 3.8) is 0 Å². The van der Waals surface area contributed by atoms with Crippen LogP contribution in [0.4, 0.5) is 0 Å². The van der Waals surface area contributed by atoms with Gasteiger partial charge in [-0.1, -0.05) is 28.9 Å². The first-order valence-electron chi connectivity index (χ1n) is 5.18. The summed E-state index contributed by atoms with van der Waals surface area (Å²) in [6.45, 7) is 0. The zero-order valence-corrected chi connectivity index (χ0v) is 10.7. The van der Waals surface area contributed by atoms with Crippen LogP contribution >= 0.6 is 22.9 Å². The number of rotatable bonds is 2. The molecule has 0 bridgehead atoms. The highest BCUT2D eigenvalue weighted by atomic mass is 35.5. The largest absolute Gasteiger partial charge is 0.411 e. The SMILES string of the molecule is O/N=C\c1c(-c2ccc(Cl)cc2)nc2sccn12. The van der Waals surface area contributed by atoms with Crippen LogP contribution in [0.1, 0.15) is 5.69 Å². The van der Waals surface area contributed by atoms with Gasteiger partial charge in [-0.2, -0.15) is 0 Å². The molecule has 2 aromatic heterocycles. The fraction of sp³-hybridized carbons (Fsp3) is 0. The van der Waals surface area contributed by atoms with Crippen molar-refractivity contribution in [2.75, 3.05) is 0 Å². The molecule has 0 spiro atoms. The molecule has 3 rings (SSSR count). The van der Waals surface area contributed by atoms with E-state index >= 15 is 0 Å². The van der Waals surface area contributed by atoms with Crippen LogP contribution in [-0.4, -0.2) is 20.8 Å². The highest BCUT2D eigenvalue weighted by Crippen LogP contribution is 2.26. The van der Waals surface area contributed by atoms with E-state index in [0.717, 1.165) is 21.9 Å². The lowest BCUT2D eigenvalue weighted by Gasteiger charge is -1.99. The number of imidazole rings is 1. The molecule has 0 fully saturated rings. The van der Waals surface area contributed by atoms with Gasteiger partial charge in [0, 0.05) is 22.2 Å². The number of hydrogen-bond acceptors (Lipinski definition) is 4. The number of oxime groups is 1. The molecule has 0 saturated heterocycles. The van der Waals surface area contributed by atoms with Crippen LogP contribution in [0.2, 0.25) is 5.02 Å². The lowest BCUT2D eigenvalue weighted by molar-refractivity contribution is 0.321. The number of nitrogens with zero attached hydrogens (tertiary/aromatic N) is 3. The monoisotopic (exact) mass is 277 g/mol. The quantitative estimate of drug-likeness (QED) is 0.443. The standard InChI is InChI=1S/C12H8ClN3OS/c13-9-3-1-8(2-4-9)11-10(7-14-17)16-5-6-18-12(16)15-11/h1-7,17H/b14-7-. The Labute approximate surface area is 112 Å². The molecule has 6 heteroatoms. The molecule has 0 radical (unpaired) electrons. The predicted octanol–water partition coefficient (Wildman–Crippen LogP) is 3.52. The van der Waals surface area contributed by atoms with Crippen molar-refractivity contribution in [1.29, 1.82) is 0 Å². The average Bonchev–Trinajstić information content (AvgIpc) is 2.93. The van der Waals surface area contributed by atoms with Gasteiger partial charge in [-0.3, -0.25) is 4.40 Å². The third-order valence-corrected chi connectivity index (χ3v) is 3.61. The highest BCUT2D eigenvalue weighted by Gasteiger charge is 2.13. The number of halogens is 1. The van der Waals surface area contributed by atoms with Crippen LogP contribution in [-0.2, 0) is 0 Å². The van der Waals surface area contributed by atoms with E-state index in [0.29, 0.717) is 5.02 Å². The third kappa shape index (κ3) is 1.77. The number of fused-ring (bicyclic) bond motifs is 1. The Balaban J connectivity index is 2.24. The van der Waals surface area contributed by atoms with Gasteiger partial charge in [0.1, 0.15) is 0 Å². The summed E-state index contributed by atoms with van der Waals surface area (Å²) in [5.41, 5.74) is 2.46. The topological polar surface area (TPSA) is 49.9 Å². The average molecular weight is 278 g/mol. The van der Waals surface area contributed by atoms with E-state index in [4.69, 9.17) is 16.8 Å². The molecular weight excluding hydrogens is 270 g/mol. The minimum absolute atomic E-state index is 0.678. The smallest absolute Gasteiger partial charge is 0.194 e. The summed E-state index contributed by atoms with van der Waals surface area (Å²) in [5, 5.41) is 14.5. The van der Waals surface area contributed by atoms with Crippen molar-refractivity contribution >= 4 is 34.1 Å². The maximum Gasteiger partial charge on any atom is 0.194 e. The number of thiazole rings is 1. The van der Waals surface area contributed by atoms with Crippen molar-refractivity contribution in [2.45, 2.75) is 0 Å². The van der Waals surface area contributed by atoms with Crippen molar-refractivity contribution < 1.29 is 5.21 Å². The summed E-state index contributed by atoms with van der Waals surface area (Å²) >= 11 is 7.40. The van der Waals surface area contributed by atoms with Crippen LogP contribution in [0.5, 0.6) is 0 Å². The normalized spacial score (nSPS) is 11.6. The van der Waals surface area contributed by atoms with Crippen LogP contribution in [0.3, 0.4) is 0 Å². The van der Waals surface area contributed by atoms with Gasteiger partial charge in [-0.25, -0.2) is 4.98 Å². The minimum Gasteiger partial charge on any atom is -0.411 e. The van der Waals surface area contributed by atoms with E-state index in [1.165, 1.54) is 17.6 Å². The van der Waals surface area contributed by atoms with Gasteiger partial charge < -0.3 is 5.21 Å². The summed E-state index contributed by atoms with van der Waals surface area (Å²) < 4.78 is 1.88. The van der Waals surface area contributed by atoms with Crippen molar-refractivity contribution in [3.8, 4) is 11.3 Å². The number of benzene rings is 1. The van der Waals surface area contributed by atoms with E-state index in [-0.39, 0.29) is 0 Å². The molecule has 18 heavy (non-hydrogen) atoms. The maximum absolute atomic E-state index is 8.76. The second kappa shape index (κ2) is 4.44. The first-order chi connectivity index (χ1) is 8.79. The van der Waals surface area contributed by atoms with E-state index < -0.39 is 0 Å². The first-order valence-corrected chi connectivity index (χ1v) is 6.44. The minimum atomic E-state index is 0.678. The van der Waals surface area contributed by atoms with Crippen LogP contribution in [0.25, 0.3) is 16.2 Å². The lowest BCUT2D eigenvalue weighted by atomic mass is 10.1. The molecule has 4 nitrogen and oxygen atoms in total. The predicted molar refractivity (Wildman–Crippen MR) is 72.9 cm³/mol. The summed E-state index contributed by atoms with van der Waals surface area (Å²) in [6, 6.07) is 7.40. The van der Waals surface area contributed by atoms with Crippen LogP contribution < -0.4 is 0 Å². The molecule has 0 aliphatic rings. The molecule has 0 aliphatic carbocycles. The Kier molecular flexibility index (Phi) is 2.77. The van der Waals surface area contributed by atoms with Gasteiger partial charge in [0.2, 0.25) is 0 Å². The number of hydrogen-bond donors (Lipinski definition) is 1. The lowest BCUT2D eigenvalue weighted by Crippen LogP contribution is -1.91. The molecule has 0 amide bonds. The highest BCUT2D eigenvalue weighted by molar-refractivity contribution is 7.15. The second-order valence-corrected chi connectivity index (χ2v) is 4.96. The third-order valence-electron chi connectivity index (χ3n) is 2.60. The van der Waals surface area contributed by atoms with Gasteiger partial charge in [-0.05, 0) is 12.1 Å². The molecule has 3 aromatic rings. The van der Waals surface area contributed by atoms with Gasteiger partial charge in [0.25, 0.3) is 0 Å². The Bertz CT molecular complexity index is 715. The summed E-state index contributed by atoms with van der Waals surface area (Å²) in [6.07, 6.45) is 3.28. The fourth-order valence-corrected chi connectivity index (χ4v) is 2.65. The molecule has 1 aromatic carbocycles. The van der Waals surface area contributed by atoms with Crippen molar-refractivity contribution in [3.05, 3.63) is 46.6 Å². The van der Waals surface area contributed by atoms with Gasteiger partial charge >= 0.3 is 0 Å². The Hall–Kier alpha value is -1.85. The second-order valence-electron chi connectivity index (χ2n) is 3.65. The molecule has 0 saturated carbocycles. The van der Waals surface area contributed by atoms with Gasteiger partial charge in [-0.15, -0.1) is 11.3 Å². The molecule has 90 valence electrons. The van der Waals surface area contributed by atoms with Gasteiger partial charge in [0.15, 0.2) is 4.96 Å². The van der Waals surface area contributed by atoms with E-state index in [2.05, 4.69) is 10.1 Å². The number of aromatic nitrogens is 2. The zero-order chi connectivity index (χ0) is 12.5. The molecule has 0 atom stereocenters. The van der Waals surface area contributed by atoms with Crippen molar-refractivity contribution in [2.24, 2.45) is 5.16 Å². The van der Waals surface area contributed by atoms with Crippen molar-refractivity contribution in [1.82, 2.24) is 9.38 Å². The maximum atomic E-state index is 8.76. The summed E-state index contributed by atoms with van der Waals surface area (Å²) in [5.74, 6) is 0. The molecule has 0 unspecified atom stereocenters. The Morgan fingerprint density at radius 2 is 2.11 bits per heavy atom. The molecular formula is C12H8ClN3OS. The fourth-order valence-electron chi connectivity index (χ4n) is 1.80. The molecule has 1 N–H and O–H groups in total. The zero-order valence-electron chi connectivity index (χ0n) is 9.12.